The highest BCUT2D eigenvalue weighted by Crippen LogP contribution is 2.28. The maximum absolute atomic E-state index is 13.3. The van der Waals surface area contributed by atoms with Gasteiger partial charge in [0.1, 0.15) is 5.82 Å². The molecule has 0 bridgehead atoms. The molecule has 2 heterocycles. The molecule has 0 unspecified atom stereocenters. The maximum atomic E-state index is 13.3. The summed E-state index contributed by atoms with van der Waals surface area (Å²) in [6, 6.07) is 11.6. The van der Waals surface area contributed by atoms with Gasteiger partial charge in [0, 0.05) is 12.1 Å². The summed E-state index contributed by atoms with van der Waals surface area (Å²) in [4.78, 5) is 22.2. The number of nitrogens with zero attached hydrogens (tertiary/aromatic N) is 2. The number of aliphatic hydroxyl groups is 1. The summed E-state index contributed by atoms with van der Waals surface area (Å²) in [6.45, 7) is 6.54. The minimum absolute atomic E-state index is 0.241. The summed E-state index contributed by atoms with van der Waals surface area (Å²) in [5, 5.41) is 12.9. The number of halogens is 1. The van der Waals surface area contributed by atoms with Crippen LogP contribution in [0.1, 0.15) is 42.6 Å². The lowest BCUT2D eigenvalue weighted by molar-refractivity contribution is -0.0136. The number of aromatic nitrogens is 2. The van der Waals surface area contributed by atoms with Crippen LogP contribution in [0.25, 0.3) is 11.0 Å². The van der Waals surface area contributed by atoms with Gasteiger partial charge in [-0.1, -0.05) is 12.1 Å². The zero-order chi connectivity index (χ0) is 21.3. The minimum atomic E-state index is -0.618. The molecule has 158 valence electrons. The number of aromatic amines is 1. The Morgan fingerprint density at radius 3 is 2.73 bits per heavy atom. The molecule has 0 spiro atoms. The number of piperidine rings is 1. The van der Waals surface area contributed by atoms with E-state index in [1.807, 2.05) is 32.0 Å². The Morgan fingerprint density at radius 1 is 1.27 bits per heavy atom. The molecule has 1 amide bonds. The van der Waals surface area contributed by atoms with E-state index in [2.05, 4.69) is 20.2 Å². The zero-order valence-corrected chi connectivity index (χ0v) is 17.3. The Morgan fingerprint density at radius 2 is 2.03 bits per heavy atom. The SMILES string of the molecule is CC(C)(O)C1CCN(Cc2ccc3nc(NC(=O)c4cccc(F)c4)[nH]c3c2)CC1. The van der Waals surface area contributed by atoms with Crippen molar-refractivity contribution in [2.75, 3.05) is 18.4 Å². The fraction of sp³-hybridized carbons (Fsp3) is 0.391. The van der Waals surface area contributed by atoms with E-state index in [0.29, 0.717) is 11.9 Å². The van der Waals surface area contributed by atoms with Crippen LogP contribution in [0, 0.1) is 11.7 Å². The van der Waals surface area contributed by atoms with Gasteiger partial charge >= 0.3 is 0 Å². The number of anilines is 1. The number of amides is 1. The van der Waals surface area contributed by atoms with Gasteiger partial charge < -0.3 is 10.1 Å². The number of hydrogen-bond acceptors (Lipinski definition) is 4. The first kappa shape index (κ1) is 20.5. The average molecular weight is 410 g/mol. The molecule has 1 aliphatic rings. The lowest BCUT2D eigenvalue weighted by Gasteiger charge is -2.37. The Balaban J connectivity index is 1.41. The van der Waals surface area contributed by atoms with Crippen LogP contribution in [0.2, 0.25) is 0 Å². The van der Waals surface area contributed by atoms with Gasteiger partial charge in [0.05, 0.1) is 16.6 Å². The van der Waals surface area contributed by atoms with Gasteiger partial charge in [-0.2, -0.15) is 0 Å². The summed E-state index contributed by atoms with van der Waals surface area (Å²) in [5.41, 5.74) is 2.39. The van der Waals surface area contributed by atoms with Crippen LogP contribution in [-0.4, -0.2) is 44.6 Å². The topological polar surface area (TPSA) is 81.2 Å². The van der Waals surface area contributed by atoms with Crippen LogP contribution in [0.4, 0.5) is 10.3 Å². The summed E-state index contributed by atoms with van der Waals surface area (Å²) in [5.74, 6) is -0.192. The van der Waals surface area contributed by atoms with Gasteiger partial charge in [-0.25, -0.2) is 9.37 Å². The average Bonchev–Trinajstić information content (AvgIpc) is 3.09. The predicted molar refractivity (Wildman–Crippen MR) is 115 cm³/mol. The molecule has 0 atom stereocenters. The normalized spacial score (nSPS) is 16.1. The number of H-pyrrole nitrogens is 1. The number of nitrogens with one attached hydrogen (secondary N) is 2. The van der Waals surface area contributed by atoms with E-state index in [4.69, 9.17) is 0 Å². The number of imidazole rings is 1. The first-order chi connectivity index (χ1) is 14.3. The van der Waals surface area contributed by atoms with Crippen molar-refractivity contribution in [1.82, 2.24) is 14.9 Å². The Labute approximate surface area is 175 Å². The van der Waals surface area contributed by atoms with E-state index < -0.39 is 17.3 Å². The Bertz CT molecular complexity index is 1050. The molecular formula is C23H27FN4O2. The lowest BCUT2D eigenvalue weighted by Crippen LogP contribution is -2.41. The molecule has 1 aliphatic heterocycles. The lowest BCUT2D eigenvalue weighted by atomic mass is 9.83. The van der Waals surface area contributed by atoms with Gasteiger partial charge in [0.2, 0.25) is 5.95 Å². The molecule has 3 aromatic rings. The Hall–Kier alpha value is -2.77. The summed E-state index contributed by atoms with van der Waals surface area (Å²) in [6.07, 6.45) is 1.98. The van der Waals surface area contributed by atoms with Crippen molar-refractivity contribution in [1.29, 1.82) is 0 Å². The number of fused-ring (bicyclic) bond motifs is 1. The van der Waals surface area contributed by atoms with Crippen molar-refractivity contribution in [2.24, 2.45) is 5.92 Å². The molecule has 1 saturated heterocycles. The Kier molecular flexibility index (Phi) is 5.58. The van der Waals surface area contributed by atoms with E-state index in [1.165, 1.54) is 18.2 Å². The minimum Gasteiger partial charge on any atom is -0.390 e. The maximum Gasteiger partial charge on any atom is 0.258 e. The van der Waals surface area contributed by atoms with Crippen LogP contribution in [-0.2, 0) is 6.54 Å². The largest absolute Gasteiger partial charge is 0.390 e. The van der Waals surface area contributed by atoms with Crippen molar-refractivity contribution in [3.63, 3.8) is 0 Å². The predicted octanol–water partition coefficient (Wildman–Crippen LogP) is 3.94. The number of carbonyl (C=O) groups excluding carboxylic acids is 1. The number of rotatable bonds is 5. The monoisotopic (exact) mass is 410 g/mol. The third-order valence-electron chi connectivity index (χ3n) is 5.86. The smallest absolute Gasteiger partial charge is 0.258 e. The van der Waals surface area contributed by atoms with Gasteiger partial charge in [0.25, 0.3) is 5.91 Å². The molecule has 6 nitrogen and oxygen atoms in total. The zero-order valence-electron chi connectivity index (χ0n) is 17.3. The second-order valence-electron chi connectivity index (χ2n) is 8.61. The summed E-state index contributed by atoms with van der Waals surface area (Å²) < 4.78 is 13.3. The van der Waals surface area contributed by atoms with E-state index in [-0.39, 0.29) is 5.56 Å². The van der Waals surface area contributed by atoms with Crippen molar-refractivity contribution in [3.8, 4) is 0 Å². The first-order valence-corrected chi connectivity index (χ1v) is 10.3. The van der Waals surface area contributed by atoms with Gasteiger partial charge in [-0.3, -0.25) is 15.0 Å². The second kappa shape index (κ2) is 8.16. The van der Waals surface area contributed by atoms with Gasteiger partial charge in [0.15, 0.2) is 0 Å². The van der Waals surface area contributed by atoms with Crippen LogP contribution in [0.3, 0.4) is 0 Å². The highest BCUT2D eigenvalue weighted by Gasteiger charge is 2.30. The highest BCUT2D eigenvalue weighted by molar-refractivity contribution is 6.03. The van der Waals surface area contributed by atoms with Crippen molar-refractivity contribution in [2.45, 2.75) is 38.8 Å². The molecule has 30 heavy (non-hydrogen) atoms. The molecule has 2 aromatic carbocycles. The molecule has 1 fully saturated rings. The molecule has 0 saturated carbocycles. The molecule has 1 aromatic heterocycles. The number of benzene rings is 2. The summed E-state index contributed by atoms with van der Waals surface area (Å²) >= 11 is 0. The number of likely N-dealkylation sites (tertiary alicyclic amines) is 1. The van der Waals surface area contributed by atoms with Gasteiger partial charge in [-0.15, -0.1) is 0 Å². The molecule has 4 rings (SSSR count). The van der Waals surface area contributed by atoms with Gasteiger partial charge in [-0.05, 0) is 81.6 Å². The van der Waals surface area contributed by atoms with E-state index in [1.54, 1.807) is 6.07 Å². The fourth-order valence-corrected chi connectivity index (χ4v) is 4.08. The second-order valence-corrected chi connectivity index (χ2v) is 8.61. The number of hydrogen-bond donors (Lipinski definition) is 3. The van der Waals surface area contributed by atoms with Crippen LogP contribution >= 0.6 is 0 Å². The van der Waals surface area contributed by atoms with Crippen molar-refractivity contribution >= 4 is 22.9 Å². The van der Waals surface area contributed by atoms with E-state index >= 15 is 0 Å². The molecular weight excluding hydrogens is 383 g/mol. The first-order valence-electron chi connectivity index (χ1n) is 10.3. The number of carbonyl (C=O) groups is 1. The molecule has 0 aliphatic carbocycles. The van der Waals surface area contributed by atoms with Crippen molar-refractivity contribution in [3.05, 3.63) is 59.4 Å². The van der Waals surface area contributed by atoms with Crippen LogP contribution in [0.15, 0.2) is 42.5 Å². The third-order valence-corrected chi connectivity index (χ3v) is 5.86. The fourth-order valence-electron chi connectivity index (χ4n) is 4.08. The van der Waals surface area contributed by atoms with Crippen molar-refractivity contribution < 1.29 is 14.3 Å². The third kappa shape index (κ3) is 4.68. The quantitative estimate of drug-likeness (QED) is 0.595. The summed E-state index contributed by atoms with van der Waals surface area (Å²) in [7, 11) is 0. The standard InChI is InChI=1S/C23H27FN4O2/c1-23(2,30)17-8-10-28(11-9-17)14-15-6-7-19-20(12-15)26-22(25-19)27-21(29)16-4-3-5-18(24)13-16/h3-7,12-13,17,30H,8-11,14H2,1-2H3,(H2,25,26,27,29). The highest BCUT2D eigenvalue weighted by atomic mass is 19.1. The molecule has 7 heteroatoms. The molecule has 0 radical (unpaired) electrons. The van der Waals surface area contributed by atoms with Crippen LogP contribution in [0.5, 0.6) is 0 Å². The van der Waals surface area contributed by atoms with E-state index in [9.17, 15) is 14.3 Å². The van der Waals surface area contributed by atoms with E-state index in [0.717, 1.165) is 49.1 Å². The molecule has 3 N–H and O–H groups in total. The van der Waals surface area contributed by atoms with Crippen LogP contribution < -0.4 is 5.32 Å².